The third-order valence-electron chi connectivity index (χ3n) is 2.62. The van der Waals surface area contributed by atoms with Crippen molar-refractivity contribution in [2.75, 3.05) is 12.4 Å². The van der Waals surface area contributed by atoms with E-state index in [1.807, 2.05) is 6.92 Å². The highest BCUT2D eigenvalue weighted by atomic mass is 32.2. The molecule has 0 fully saturated rings. The van der Waals surface area contributed by atoms with E-state index < -0.39 is 19.6 Å². The van der Waals surface area contributed by atoms with E-state index in [2.05, 4.69) is 5.32 Å². The zero-order valence-electron chi connectivity index (χ0n) is 11.1. The van der Waals surface area contributed by atoms with E-state index in [0.717, 1.165) is 12.8 Å². The van der Waals surface area contributed by atoms with Gasteiger partial charge in [-0.2, -0.15) is 0 Å². The largest absolute Gasteiger partial charge is 0.464 e. The average Bonchev–Trinajstić information content (AvgIpc) is 2.35. The Morgan fingerprint density at radius 2 is 2.21 bits per heavy atom. The predicted molar refractivity (Wildman–Crippen MR) is 74.6 cm³/mol. The summed E-state index contributed by atoms with van der Waals surface area (Å²) < 4.78 is 16.4. The van der Waals surface area contributed by atoms with Crippen molar-refractivity contribution < 1.29 is 23.9 Å². The topological polar surface area (TPSA) is 95.9 Å². The van der Waals surface area contributed by atoms with E-state index in [4.69, 9.17) is 4.74 Å². The van der Waals surface area contributed by atoms with Gasteiger partial charge in [0.1, 0.15) is 11.5 Å². The first-order chi connectivity index (χ1) is 8.90. The Balaban J connectivity index is 2.87. The van der Waals surface area contributed by atoms with Crippen LogP contribution >= 0.6 is 19.4 Å². The lowest BCUT2D eigenvalue weighted by atomic mass is 10.2. The zero-order chi connectivity index (χ0) is 14.5. The average molecular weight is 309 g/mol. The van der Waals surface area contributed by atoms with Crippen molar-refractivity contribution in [3.05, 3.63) is 10.3 Å². The van der Waals surface area contributed by atoms with E-state index in [1.54, 1.807) is 6.92 Å². The molecule has 19 heavy (non-hydrogen) atoms. The van der Waals surface area contributed by atoms with Crippen molar-refractivity contribution in [2.24, 2.45) is 0 Å². The van der Waals surface area contributed by atoms with Crippen LogP contribution in [0.25, 0.3) is 0 Å². The maximum Gasteiger partial charge on any atom is 0.372 e. The lowest BCUT2D eigenvalue weighted by molar-refractivity contribution is -0.144. The van der Waals surface area contributed by atoms with Crippen molar-refractivity contribution in [3.8, 4) is 0 Å². The standard InChI is InChI=1S/C11H20NO5PS/c1-3-5-6-9-10(18(14,15)16)12-8(7-19-9)11(13)17-4-2/h8,12H,3-7H2,1-2H3,(H2,14,15,16)/t8-/m0/s1. The van der Waals surface area contributed by atoms with Crippen LogP contribution in [0.5, 0.6) is 0 Å². The van der Waals surface area contributed by atoms with Gasteiger partial charge in [-0.25, -0.2) is 4.79 Å². The normalized spacial score (nSPS) is 20.1. The predicted octanol–water partition coefficient (Wildman–Crippen LogP) is 1.79. The smallest absolute Gasteiger partial charge is 0.372 e. The molecule has 0 spiro atoms. The van der Waals surface area contributed by atoms with E-state index in [0.29, 0.717) is 17.1 Å². The molecule has 0 aliphatic carbocycles. The quantitative estimate of drug-likeness (QED) is 0.508. The van der Waals surface area contributed by atoms with Crippen LogP contribution in [-0.2, 0) is 14.1 Å². The number of hydrogen-bond donors (Lipinski definition) is 3. The van der Waals surface area contributed by atoms with Crippen LogP contribution in [0.3, 0.4) is 0 Å². The molecule has 0 amide bonds. The first-order valence-electron chi connectivity index (χ1n) is 6.25. The van der Waals surface area contributed by atoms with Gasteiger partial charge in [0, 0.05) is 10.7 Å². The van der Waals surface area contributed by atoms with Crippen LogP contribution in [0.15, 0.2) is 10.3 Å². The fourth-order valence-electron chi connectivity index (χ4n) is 1.68. The number of carbonyl (C=O) groups is 1. The first kappa shape index (κ1) is 16.6. The van der Waals surface area contributed by atoms with E-state index in [1.165, 1.54) is 11.8 Å². The van der Waals surface area contributed by atoms with Gasteiger partial charge in [-0.1, -0.05) is 13.3 Å². The van der Waals surface area contributed by atoms with Crippen LogP contribution in [0, 0.1) is 0 Å². The molecule has 0 aromatic heterocycles. The van der Waals surface area contributed by atoms with Crippen LogP contribution in [0.2, 0.25) is 0 Å². The molecule has 3 N–H and O–H groups in total. The Kier molecular flexibility index (Phi) is 6.39. The molecule has 1 heterocycles. The monoisotopic (exact) mass is 309 g/mol. The minimum atomic E-state index is -4.39. The minimum Gasteiger partial charge on any atom is -0.464 e. The number of rotatable bonds is 6. The fourth-order valence-corrected chi connectivity index (χ4v) is 4.07. The first-order valence-corrected chi connectivity index (χ1v) is 8.85. The number of esters is 1. The van der Waals surface area contributed by atoms with Crippen molar-refractivity contribution in [1.29, 1.82) is 0 Å². The summed E-state index contributed by atoms with van der Waals surface area (Å²) in [6.45, 7) is 3.96. The SMILES string of the molecule is CCCCC1=C(P(=O)(O)O)N[C@H](C(=O)OCC)CS1. The van der Waals surface area contributed by atoms with E-state index in [9.17, 15) is 19.1 Å². The summed E-state index contributed by atoms with van der Waals surface area (Å²) in [5.74, 6) is -0.0445. The molecule has 0 radical (unpaired) electrons. The van der Waals surface area contributed by atoms with Crippen molar-refractivity contribution in [2.45, 2.75) is 39.2 Å². The third kappa shape index (κ3) is 4.84. The Morgan fingerprint density at radius 1 is 1.53 bits per heavy atom. The number of unbranched alkanes of at least 4 members (excludes halogenated alkanes) is 1. The van der Waals surface area contributed by atoms with Crippen LogP contribution < -0.4 is 5.32 Å². The molecule has 110 valence electrons. The number of ether oxygens (including phenoxy) is 1. The second-order valence-corrected chi connectivity index (χ2v) is 6.83. The zero-order valence-corrected chi connectivity index (χ0v) is 12.8. The van der Waals surface area contributed by atoms with Gasteiger partial charge in [0.2, 0.25) is 0 Å². The minimum absolute atomic E-state index is 0.116. The summed E-state index contributed by atoms with van der Waals surface area (Å²) >= 11 is 1.32. The highest BCUT2D eigenvalue weighted by Gasteiger charge is 2.34. The number of nitrogens with one attached hydrogen (secondary N) is 1. The molecule has 1 aliphatic rings. The van der Waals surface area contributed by atoms with Crippen LogP contribution in [0.1, 0.15) is 33.1 Å². The molecule has 0 aromatic rings. The van der Waals surface area contributed by atoms with Gasteiger partial charge < -0.3 is 19.8 Å². The lowest BCUT2D eigenvalue weighted by Crippen LogP contribution is -2.42. The summed E-state index contributed by atoms with van der Waals surface area (Å²) in [5, 5.41) is 2.66. The van der Waals surface area contributed by atoms with Crippen molar-refractivity contribution in [3.63, 3.8) is 0 Å². The highest BCUT2D eigenvalue weighted by Crippen LogP contribution is 2.50. The highest BCUT2D eigenvalue weighted by molar-refractivity contribution is 8.03. The van der Waals surface area contributed by atoms with Crippen LogP contribution in [-0.4, -0.2) is 34.2 Å². The van der Waals surface area contributed by atoms with Crippen LogP contribution in [0.4, 0.5) is 0 Å². The number of thioether (sulfide) groups is 1. The molecule has 0 bridgehead atoms. The van der Waals surface area contributed by atoms with Gasteiger partial charge in [0.25, 0.3) is 0 Å². The molecule has 8 heteroatoms. The molecule has 1 atom stereocenters. The summed E-state index contributed by atoms with van der Waals surface area (Å²) in [5.41, 5.74) is -0.116. The van der Waals surface area contributed by atoms with E-state index in [-0.39, 0.29) is 12.0 Å². The molecular weight excluding hydrogens is 289 g/mol. The lowest BCUT2D eigenvalue weighted by Gasteiger charge is -2.28. The van der Waals surface area contributed by atoms with Crippen molar-refractivity contribution >= 4 is 25.3 Å². The Morgan fingerprint density at radius 3 is 2.74 bits per heavy atom. The maximum absolute atomic E-state index is 11.6. The maximum atomic E-state index is 11.6. The molecule has 0 aromatic carbocycles. The number of allylic oxidation sites excluding steroid dienone is 1. The molecule has 1 rings (SSSR count). The fraction of sp³-hybridized carbons (Fsp3) is 0.727. The van der Waals surface area contributed by atoms with Gasteiger partial charge in [-0.15, -0.1) is 11.8 Å². The summed E-state index contributed by atoms with van der Waals surface area (Å²) in [4.78, 5) is 31.0. The summed E-state index contributed by atoms with van der Waals surface area (Å²) in [7, 11) is -4.39. The second kappa shape index (κ2) is 7.33. The molecule has 0 saturated carbocycles. The summed E-state index contributed by atoms with van der Waals surface area (Å²) in [6, 6.07) is -0.696. The van der Waals surface area contributed by atoms with Gasteiger partial charge >= 0.3 is 13.6 Å². The molecule has 6 nitrogen and oxygen atoms in total. The molecule has 1 aliphatic heterocycles. The Labute approximate surface area is 117 Å². The molecule has 0 unspecified atom stereocenters. The van der Waals surface area contributed by atoms with Crippen molar-refractivity contribution in [1.82, 2.24) is 5.32 Å². The van der Waals surface area contributed by atoms with Gasteiger partial charge in [0.05, 0.1) is 6.61 Å². The molecular formula is C11H20NO5PS. The Hall–Kier alpha value is -0.490. The second-order valence-electron chi connectivity index (χ2n) is 4.18. The number of carbonyl (C=O) groups excluding carboxylic acids is 1. The van der Waals surface area contributed by atoms with Gasteiger partial charge in [-0.05, 0) is 19.8 Å². The third-order valence-corrected chi connectivity index (χ3v) is 5.01. The Bertz CT molecular complexity index is 406. The van der Waals surface area contributed by atoms with E-state index >= 15 is 0 Å². The number of hydrogen-bond acceptors (Lipinski definition) is 5. The van der Waals surface area contributed by atoms with Gasteiger partial charge in [-0.3, -0.25) is 4.57 Å². The summed E-state index contributed by atoms with van der Waals surface area (Å²) in [6.07, 6.45) is 2.42. The van der Waals surface area contributed by atoms with Gasteiger partial charge in [0.15, 0.2) is 0 Å². The molecule has 0 saturated heterocycles.